The lowest BCUT2D eigenvalue weighted by molar-refractivity contribution is -0.139. The zero-order valence-corrected chi connectivity index (χ0v) is 16.9. The van der Waals surface area contributed by atoms with Gasteiger partial charge in [0.25, 0.3) is 0 Å². The maximum absolute atomic E-state index is 11.4. The number of methoxy groups -OCH3 is 2. The van der Waals surface area contributed by atoms with Gasteiger partial charge >= 0.3 is 0 Å². The second-order valence-electron chi connectivity index (χ2n) is 9.64. The number of fused-ring (bicyclic) bond motifs is 2. The minimum Gasteiger partial charge on any atom is -0.390 e. The maximum atomic E-state index is 11.4. The summed E-state index contributed by atoms with van der Waals surface area (Å²) in [5, 5.41) is 11.4. The van der Waals surface area contributed by atoms with Gasteiger partial charge in [-0.3, -0.25) is 0 Å². The lowest BCUT2D eigenvalue weighted by Crippen LogP contribution is -2.60. The van der Waals surface area contributed by atoms with Crippen molar-refractivity contribution >= 4 is 0 Å². The van der Waals surface area contributed by atoms with Gasteiger partial charge in [-0.25, -0.2) is 0 Å². The number of allylic oxidation sites excluding steroid dienone is 1. The summed E-state index contributed by atoms with van der Waals surface area (Å²) in [6.45, 7) is 13.3. The molecule has 3 rings (SSSR count). The van der Waals surface area contributed by atoms with Gasteiger partial charge in [-0.15, -0.1) is 6.58 Å². The third-order valence-electron chi connectivity index (χ3n) is 7.79. The van der Waals surface area contributed by atoms with Crippen LogP contribution >= 0.6 is 0 Å². The van der Waals surface area contributed by atoms with Crippen LogP contribution in [0.5, 0.6) is 0 Å². The molecular formula is C22H36O3. The number of rotatable bonds is 3. The molecule has 142 valence electrons. The highest BCUT2D eigenvalue weighted by molar-refractivity contribution is 5.40. The van der Waals surface area contributed by atoms with Gasteiger partial charge in [-0.2, -0.15) is 0 Å². The van der Waals surface area contributed by atoms with Crippen molar-refractivity contribution < 1.29 is 14.6 Å². The Kier molecular flexibility index (Phi) is 4.75. The zero-order valence-electron chi connectivity index (χ0n) is 16.9. The van der Waals surface area contributed by atoms with E-state index in [4.69, 9.17) is 9.47 Å². The zero-order chi connectivity index (χ0) is 18.6. The van der Waals surface area contributed by atoms with Crippen molar-refractivity contribution in [3.05, 3.63) is 23.8 Å². The second-order valence-corrected chi connectivity index (χ2v) is 9.64. The summed E-state index contributed by atoms with van der Waals surface area (Å²) in [6.07, 6.45) is 6.81. The monoisotopic (exact) mass is 348 g/mol. The van der Waals surface area contributed by atoms with Crippen LogP contribution in [0.1, 0.15) is 59.8 Å². The van der Waals surface area contributed by atoms with Crippen molar-refractivity contribution in [2.24, 2.45) is 22.2 Å². The van der Waals surface area contributed by atoms with Crippen molar-refractivity contribution in [3.63, 3.8) is 0 Å². The molecule has 0 bridgehead atoms. The minimum atomic E-state index is -0.492. The predicted molar refractivity (Wildman–Crippen MR) is 101 cm³/mol. The molecule has 0 amide bonds. The second kappa shape index (κ2) is 6.21. The molecule has 1 N–H and O–H groups in total. The van der Waals surface area contributed by atoms with E-state index in [1.165, 1.54) is 24.0 Å². The van der Waals surface area contributed by atoms with Gasteiger partial charge in [-0.1, -0.05) is 45.8 Å². The van der Waals surface area contributed by atoms with E-state index in [2.05, 4.69) is 34.3 Å². The van der Waals surface area contributed by atoms with Crippen LogP contribution in [0.25, 0.3) is 0 Å². The van der Waals surface area contributed by atoms with Crippen LogP contribution in [0.4, 0.5) is 0 Å². The Balaban J connectivity index is 2.22. The van der Waals surface area contributed by atoms with Crippen LogP contribution in [-0.2, 0) is 9.47 Å². The topological polar surface area (TPSA) is 38.7 Å². The summed E-state index contributed by atoms with van der Waals surface area (Å²) in [6, 6.07) is 0. The number of aliphatic hydroxyl groups excluding tert-OH is 1. The molecule has 0 aliphatic heterocycles. The van der Waals surface area contributed by atoms with Gasteiger partial charge in [0.2, 0.25) is 0 Å². The van der Waals surface area contributed by atoms with E-state index in [1.54, 1.807) is 14.2 Å². The fourth-order valence-electron chi connectivity index (χ4n) is 6.61. The van der Waals surface area contributed by atoms with Crippen molar-refractivity contribution in [3.8, 4) is 0 Å². The third kappa shape index (κ3) is 2.57. The summed E-state index contributed by atoms with van der Waals surface area (Å²) < 4.78 is 11.9. The van der Waals surface area contributed by atoms with Gasteiger partial charge in [0.15, 0.2) is 0 Å². The molecule has 0 aromatic heterocycles. The fourth-order valence-corrected chi connectivity index (χ4v) is 6.61. The van der Waals surface area contributed by atoms with Gasteiger partial charge in [0.1, 0.15) is 6.10 Å². The highest BCUT2D eigenvalue weighted by atomic mass is 16.5. The van der Waals surface area contributed by atoms with Crippen LogP contribution in [0.15, 0.2) is 23.8 Å². The lowest BCUT2D eigenvalue weighted by atomic mass is 9.46. The first kappa shape index (κ1) is 19.1. The molecule has 3 aliphatic carbocycles. The quantitative estimate of drug-likeness (QED) is 0.763. The van der Waals surface area contributed by atoms with E-state index in [0.29, 0.717) is 0 Å². The molecule has 0 aromatic rings. The SMILES string of the molecule is C=C[C@@]1(C)CCC2=C([C@H](OC)[C@@H](O)[C@H]3C(C)(C)CCC[C@]23C)[C@@H]1OC. The van der Waals surface area contributed by atoms with Crippen molar-refractivity contribution in [2.75, 3.05) is 14.2 Å². The highest BCUT2D eigenvalue weighted by Gasteiger charge is 2.60. The van der Waals surface area contributed by atoms with E-state index in [9.17, 15) is 5.11 Å². The number of ether oxygens (including phenoxy) is 2. The van der Waals surface area contributed by atoms with E-state index in [1.807, 2.05) is 6.08 Å². The van der Waals surface area contributed by atoms with Gasteiger partial charge in [-0.05, 0) is 42.1 Å². The molecule has 3 heteroatoms. The molecule has 1 fully saturated rings. The summed E-state index contributed by atoms with van der Waals surface area (Å²) >= 11 is 0. The van der Waals surface area contributed by atoms with Crippen LogP contribution in [0.3, 0.4) is 0 Å². The van der Waals surface area contributed by atoms with Gasteiger partial charge in [0, 0.05) is 25.6 Å². The molecule has 0 saturated heterocycles. The largest absolute Gasteiger partial charge is 0.390 e. The van der Waals surface area contributed by atoms with E-state index in [0.717, 1.165) is 19.3 Å². The van der Waals surface area contributed by atoms with E-state index < -0.39 is 6.10 Å². The Morgan fingerprint density at radius 1 is 1.08 bits per heavy atom. The molecule has 3 nitrogen and oxygen atoms in total. The van der Waals surface area contributed by atoms with Crippen LogP contribution in [0, 0.1) is 22.2 Å². The maximum Gasteiger partial charge on any atom is 0.107 e. The molecule has 6 atom stereocenters. The average Bonchev–Trinajstić information content (AvgIpc) is 2.54. The first-order chi connectivity index (χ1) is 11.7. The number of aliphatic hydroxyl groups is 1. The summed E-state index contributed by atoms with van der Waals surface area (Å²) in [5.74, 6) is 0.225. The summed E-state index contributed by atoms with van der Waals surface area (Å²) in [7, 11) is 3.50. The Morgan fingerprint density at radius 2 is 1.76 bits per heavy atom. The highest BCUT2D eigenvalue weighted by Crippen LogP contribution is 2.63. The van der Waals surface area contributed by atoms with Crippen molar-refractivity contribution in [1.82, 2.24) is 0 Å². The van der Waals surface area contributed by atoms with Crippen LogP contribution < -0.4 is 0 Å². The van der Waals surface area contributed by atoms with Gasteiger partial charge < -0.3 is 14.6 Å². The normalized spacial score (nSPS) is 46.4. The summed E-state index contributed by atoms with van der Waals surface area (Å²) in [5.41, 5.74) is 2.72. The van der Waals surface area contributed by atoms with Crippen LogP contribution in [0.2, 0.25) is 0 Å². The number of hydrogen-bond donors (Lipinski definition) is 1. The van der Waals surface area contributed by atoms with Crippen LogP contribution in [-0.4, -0.2) is 37.6 Å². The molecular weight excluding hydrogens is 312 g/mol. The lowest BCUT2D eigenvalue weighted by Gasteiger charge is -2.61. The van der Waals surface area contributed by atoms with Gasteiger partial charge in [0.05, 0.1) is 12.2 Å². The van der Waals surface area contributed by atoms with E-state index in [-0.39, 0.29) is 34.4 Å². The Hall–Kier alpha value is -0.640. The average molecular weight is 349 g/mol. The number of hydrogen-bond acceptors (Lipinski definition) is 3. The first-order valence-corrected chi connectivity index (χ1v) is 9.77. The Bertz CT molecular complexity index is 578. The third-order valence-corrected chi connectivity index (χ3v) is 7.79. The van der Waals surface area contributed by atoms with Crippen molar-refractivity contribution in [1.29, 1.82) is 0 Å². The van der Waals surface area contributed by atoms with Crippen molar-refractivity contribution in [2.45, 2.75) is 78.1 Å². The predicted octanol–water partition coefficient (Wildman–Crippen LogP) is 4.51. The molecule has 25 heavy (non-hydrogen) atoms. The minimum absolute atomic E-state index is 0.0325. The fraction of sp³-hybridized carbons (Fsp3) is 0.818. The van der Waals surface area contributed by atoms with E-state index >= 15 is 0 Å². The first-order valence-electron chi connectivity index (χ1n) is 9.77. The molecule has 3 aliphatic rings. The molecule has 0 heterocycles. The standard InChI is InChI=1S/C22H36O3/c1-8-21(4)13-10-14-15(19(21)25-7)17(24-6)16(23)18-20(2,3)11-9-12-22(14,18)5/h8,16-19,23H,1,9-13H2,2-7H3/t16-,17+,18+,19+,21+,22-/m1/s1. The molecule has 0 unspecified atom stereocenters. The molecule has 0 aromatic carbocycles. The smallest absolute Gasteiger partial charge is 0.107 e. The molecule has 0 radical (unpaired) electrons. The Morgan fingerprint density at radius 3 is 2.32 bits per heavy atom. The Labute approximate surface area is 153 Å². The molecule has 1 saturated carbocycles. The molecule has 0 spiro atoms. The summed E-state index contributed by atoms with van der Waals surface area (Å²) in [4.78, 5) is 0.